The predicted molar refractivity (Wildman–Crippen MR) is 74.4 cm³/mol. The summed E-state index contributed by atoms with van der Waals surface area (Å²) in [4.78, 5) is 21.0. The fraction of sp³-hybridized carbons (Fsp3) is 0.571. The van der Waals surface area contributed by atoms with Crippen LogP contribution in [0.25, 0.3) is 0 Å². The summed E-state index contributed by atoms with van der Waals surface area (Å²) in [5, 5.41) is 0.493. The van der Waals surface area contributed by atoms with Gasteiger partial charge in [0, 0.05) is 38.1 Å². The highest BCUT2D eigenvalue weighted by molar-refractivity contribution is 6.33. The zero-order valence-electron chi connectivity index (χ0n) is 10.9. The number of halogens is 1. The van der Waals surface area contributed by atoms with Gasteiger partial charge in [0.05, 0.1) is 10.6 Å². The summed E-state index contributed by atoms with van der Waals surface area (Å²) in [6, 6.07) is 2.20. The highest BCUT2D eigenvalue weighted by Gasteiger charge is 2.31. The summed E-state index contributed by atoms with van der Waals surface area (Å²) in [7, 11) is 0. The molecule has 1 aromatic heterocycles. The number of aromatic nitrogens is 1. The first kappa shape index (κ1) is 12.9. The van der Waals surface area contributed by atoms with Crippen molar-refractivity contribution in [1.82, 2.24) is 14.8 Å². The molecule has 0 radical (unpaired) electrons. The monoisotopic (exact) mass is 279 g/mol. The van der Waals surface area contributed by atoms with Gasteiger partial charge in [0.1, 0.15) is 0 Å². The van der Waals surface area contributed by atoms with Crippen molar-refractivity contribution in [3.63, 3.8) is 0 Å². The third-order valence-electron chi connectivity index (χ3n) is 4.09. The van der Waals surface area contributed by atoms with Crippen molar-refractivity contribution in [2.45, 2.75) is 25.3 Å². The number of carbonyl (C=O) groups excluding carboxylic acids is 1. The molecule has 0 N–H and O–H groups in total. The normalized spacial score (nSPS) is 24.1. The van der Waals surface area contributed by atoms with Gasteiger partial charge in [0.2, 0.25) is 0 Å². The van der Waals surface area contributed by atoms with E-state index in [0.717, 1.165) is 26.1 Å². The van der Waals surface area contributed by atoms with Crippen molar-refractivity contribution in [3.05, 3.63) is 29.0 Å². The summed E-state index contributed by atoms with van der Waals surface area (Å²) in [5.41, 5.74) is 0.524. The van der Waals surface area contributed by atoms with Gasteiger partial charge < -0.3 is 4.90 Å². The minimum atomic E-state index is 0.0202. The second-order valence-electron chi connectivity index (χ2n) is 5.29. The molecular formula is C14H18ClN3O. The summed E-state index contributed by atoms with van der Waals surface area (Å²) >= 11 is 6.09. The Morgan fingerprint density at radius 1 is 1.32 bits per heavy atom. The summed E-state index contributed by atoms with van der Waals surface area (Å²) in [6.45, 7) is 3.93. The van der Waals surface area contributed by atoms with Crippen molar-refractivity contribution in [2.24, 2.45) is 0 Å². The number of carbonyl (C=O) groups is 1. The maximum atomic E-state index is 12.5. The first-order valence-corrected chi connectivity index (χ1v) is 7.26. The molecule has 0 saturated carbocycles. The standard InChI is InChI=1S/C14H18ClN3O/c15-13-4-5-16-9-12(13)14(19)18-8-2-7-17-6-1-3-11(17)10-18/h4-5,9,11H,1-3,6-8,10H2. The van der Waals surface area contributed by atoms with Crippen LogP contribution >= 0.6 is 11.6 Å². The zero-order valence-corrected chi connectivity index (χ0v) is 11.6. The average Bonchev–Trinajstić information content (AvgIpc) is 2.76. The lowest BCUT2D eigenvalue weighted by Crippen LogP contribution is -2.39. The molecular weight excluding hydrogens is 262 g/mol. The Morgan fingerprint density at radius 3 is 3.00 bits per heavy atom. The molecule has 0 bridgehead atoms. The van der Waals surface area contributed by atoms with E-state index in [4.69, 9.17) is 11.6 Å². The van der Waals surface area contributed by atoms with Crippen molar-refractivity contribution >= 4 is 17.5 Å². The van der Waals surface area contributed by atoms with Crippen LogP contribution in [0.15, 0.2) is 18.5 Å². The van der Waals surface area contributed by atoms with Crippen LogP contribution in [0.3, 0.4) is 0 Å². The smallest absolute Gasteiger partial charge is 0.256 e. The van der Waals surface area contributed by atoms with Crippen molar-refractivity contribution in [3.8, 4) is 0 Å². The molecule has 0 aliphatic carbocycles. The van der Waals surface area contributed by atoms with Crippen molar-refractivity contribution in [1.29, 1.82) is 0 Å². The molecule has 4 nitrogen and oxygen atoms in total. The number of hydrogen-bond donors (Lipinski definition) is 0. The van der Waals surface area contributed by atoms with Gasteiger partial charge in [-0.15, -0.1) is 0 Å². The van der Waals surface area contributed by atoms with Crippen molar-refractivity contribution < 1.29 is 4.79 Å². The summed E-state index contributed by atoms with van der Waals surface area (Å²) < 4.78 is 0. The number of fused-ring (bicyclic) bond motifs is 1. The number of rotatable bonds is 1. The van der Waals surface area contributed by atoms with Crippen LogP contribution in [0.5, 0.6) is 0 Å². The maximum absolute atomic E-state index is 12.5. The third kappa shape index (κ3) is 2.60. The van der Waals surface area contributed by atoms with E-state index in [1.807, 2.05) is 4.90 Å². The van der Waals surface area contributed by atoms with Crippen molar-refractivity contribution in [2.75, 3.05) is 26.2 Å². The number of nitrogens with zero attached hydrogens (tertiary/aromatic N) is 3. The SMILES string of the molecule is O=C(c1cnccc1Cl)N1CCCN2CCCC2C1. The lowest BCUT2D eigenvalue weighted by Gasteiger charge is -2.25. The molecule has 1 amide bonds. The van der Waals surface area contributed by atoms with E-state index in [1.165, 1.54) is 19.4 Å². The Morgan fingerprint density at radius 2 is 2.16 bits per heavy atom. The van der Waals surface area contributed by atoms with Crippen LogP contribution in [0.2, 0.25) is 5.02 Å². The van der Waals surface area contributed by atoms with E-state index in [9.17, 15) is 4.79 Å². The fourth-order valence-electron chi connectivity index (χ4n) is 3.10. The highest BCUT2D eigenvalue weighted by Crippen LogP contribution is 2.23. The third-order valence-corrected chi connectivity index (χ3v) is 4.42. The minimum Gasteiger partial charge on any atom is -0.337 e. The number of pyridine rings is 1. The minimum absolute atomic E-state index is 0.0202. The van der Waals surface area contributed by atoms with Gasteiger partial charge in [-0.1, -0.05) is 11.6 Å². The molecule has 3 heterocycles. The van der Waals surface area contributed by atoms with Gasteiger partial charge in [0.25, 0.3) is 5.91 Å². The predicted octanol–water partition coefficient (Wildman–Crippen LogP) is 2.05. The number of amides is 1. The van der Waals surface area contributed by atoms with Gasteiger partial charge in [-0.05, 0) is 31.9 Å². The highest BCUT2D eigenvalue weighted by atomic mass is 35.5. The molecule has 1 unspecified atom stereocenters. The summed E-state index contributed by atoms with van der Waals surface area (Å²) in [5.74, 6) is 0.0202. The molecule has 2 fully saturated rings. The van der Waals surface area contributed by atoms with E-state index >= 15 is 0 Å². The van der Waals surface area contributed by atoms with Gasteiger partial charge in [-0.25, -0.2) is 0 Å². The van der Waals surface area contributed by atoms with Crippen LogP contribution in [-0.4, -0.2) is 52.9 Å². The second kappa shape index (κ2) is 5.47. The van der Waals surface area contributed by atoms with Gasteiger partial charge in [-0.2, -0.15) is 0 Å². The Balaban J connectivity index is 1.78. The molecule has 2 aliphatic heterocycles. The zero-order chi connectivity index (χ0) is 13.2. The molecule has 0 aromatic carbocycles. The van der Waals surface area contributed by atoms with E-state index in [1.54, 1.807) is 18.5 Å². The Kier molecular flexibility index (Phi) is 3.71. The second-order valence-corrected chi connectivity index (χ2v) is 5.70. The van der Waals surface area contributed by atoms with Gasteiger partial charge in [-0.3, -0.25) is 14.7 Å². The molecule has 5 heteroatoms. The number of hydrogen-bond acceptors (Lipinski definition) is 3. The Bertz CT molecular complexity index is 480. The van der Waals surface area contributed by atoms with Crippen LogP contribution in [0.1, 0.15) is 29.6 Å². The summed E-state index contributed by atoms with van der Waals surface area (Å²) in [6.07, 6.45) is 6.67. The maximum Gasteiger partial charge on any atom is 0.256 e. The topological polar surface area (TPSA) is 36.4 Å². The van der Waals surface area contributed by atoms with Gasteiger partial charge in [0.15, 0.2) is 0 Å². The van der Waals surface area contributed by atoms with E-state index in [2.05, 4.69) is 9.88 Å². The first-order valence-electron chi connectivity index (χ1n) is 6.88. The molecule has 2 saturated heterocycles. The average molecular weight is 280 g/mol. The van der Waals surface area contributed by atoms with E-state index in [0.29, 0.717) is 16.6 Å². The molecule has 102 valence electrons. The van der Waals surface area contributed by atoms with Crippen LogP contribution in [0, 0.1) is 0 Å². The van der Waals surface area contributed by atoms with Crippen LogP contribution in [-0.2, 0) is 0 Å². The largest absolute Gasteiger partial charge is 0.337 e. The van der Waals surface area contributed by atoms with Crippen LogP contribution < -0.4 is 0 Å². The molecule has 3 rings (SSSR count). The van der Waals surface area contributed by atoms with E-state index < -0.39 is 0 Å². The van der Waals surface area contributed by atoms with Gasteiger partial charge >= 0.3 is 0 Å². The molecule has 19 heavy (non-hydrogen) atoms. The molecule has 2 aliphatic rings. The lowest BCUT2D eigenvalue weighted by atomic mass is 10.2. The Labute approximate surface area is 118 Å². The fourth-order valence-corrected chi connectivity index (χ4v) is 3.28. The Hall–Kier alpha value is -1.13. The first-order chi connectivity index (χ1) is 9.25. The molecule has 1 aromatic rings. The lowest BCUT2D eigenvalue weighted by molar-refractivity contribution is 0.0743. The van der Waals surface area contributed by atoms with E-state index in [-0.39, 0.29) is 5.91 Å². The quantitative estimate of drug-likeness (QED) is 0.789. The molecule has 1 atom stereocenters. The van der Waals surface area contributed by atoms with Crippen LogP contribution in [0.4, 0.5) is 0 Å². The molecule has 0 spiro atoms.